The van der Waals surface area contributed by atoms with Crippen LogP contribution in [0, 0.1) is 0 Å². The number of carbonyl (C=O) groups is 3. The van der Waals surface area contributed by atoms with Gasteiger partial charge in [-0.25, -0.2) is 4.79 Å². The highest BCUT2D eigenvalue weighted by Gasteiger charge is 2.08. The minimum atomic E-state index is -0.476. The second-order valence-electron chi connectivity index (χ2n) is 4.81. The summed E-state index contributed by atoms with van der Waals surface area (Å²) in [6, 6.07) is 6.19. The largest absolute Gasteiger partial charge is 0.370 e. The fourth-order valence-corrected chi connectivity index (χ4v) is 1.57. The molecule has 7 nitrogen and oxygen atoms in total. The maximum atomic E-state index is 11.9. The highest BCUT2D eigenvalue weighted by Crippen LogP contribution is 2.10. The molecule has 0 spiro atoms. The van der Waals surface area contributed by atoms with Crippen LogP contribution in [0.25, 0.3) is 0 Å². The zero-order chi connectivity index (χ0) is 15.8. The van der Waals surface area contributed by atoms with E-state index in [0.717, 1.165) is 0 Å². The van der Waals surface area contributed by atoms with Crippen LogP contribution in [0.1, 0.15) is 30.6 Å². The van der Waals surface area contributed by atoms with Crippen molar-refractivity contribution in [1.29, 1.82) is 0 Å². The predicted octanol–water partition coefficient (Wildman–Crippen LogP) is 0.822. The fourth-order valence-electron chi connectivity index (χ4n) is 1.57. The quantitative estimate of drug-likeness (QED) is 0.622. The van der Waals surface area contributed by atoms with Gasteiger partial charge in [-0.05, 0) is 32.0 Å². The second-order valence-corrected chi connectivity index (χ2v) is 4.81. The Balaban J connectivity index is 2.61. The molecule has 0 unspecified atom stereocenters. The van der Waals surface area contributed by atoms with Crippen LogP contribution in [0.15, 0.2) is 24.3 Å². The number of anilines is 1. The van der Waals surface area contributed by atoms with Gasteiger partial charge in [-0.1, -0.05) is 6.07 Å². The Labute approximate surface area is 123 Å². The van der Waals surface area contributed by atoms with E-state index in [0.29, 0.717) is 11.3 Å². The Morgan fingerprint density at radius 2 is 1.95 bits per heavy atom. The van der Waals surface area contributed by atoms with Crippen molar-refractivity contribution < 1.29 is 14.4 Å². The van der Waals surface area contributed by atoms with E-state index in [1.807, 2.05) is 13.8 Å². The lowest BCUT2D eigenvalue weighted by Crippen LogP contribution is -2.34. The molecule has 114 valence electrons. The number of nitrogens with two attached hydrogens (primary N) is 1. The van der Waals surface area contributed by atoms with E-state index in [1.54, 1.807) is 24.3 Å². The van der Waals surface area contributed by atoms with Crippen LogP contribution in [-0.2, 0) is 4.79 Å². The van der Waals surface area contributed by atoms with Gasteiger partial charge in [0.1, 0.15) is 0 Å². The molecule has 0 atom stereocenters. The first-order chi connectivity index (χ1) is 9.88. The first-order valence-corrected chi connectivity index (χ1v) is 6.62. The molecule has 1 rings (SSSR count). The molecule has 7 heteroatoms. The Kier molecular flexibility index (Phi) is 6.19. The first kappa shape index (κ1) is 16.5. The van der Waals surface area contributed by atoms with Gasteiger partial charge < -0.3 is 21.7 Å². The van der Waals surface area contributed by atoms with E-state index in [1.165, 1.54) is 0 Å². The monoisotopic (exact) mass is 292 g/mol. The molecule has 21 heavy (non-hydrogen) atoms. The fraction of sp³-hybridized carbons (Fsp3) is 0.357. The summed E-state index contributed by atoms with van der Waals surface area (Å²) >= 11 is 0. The van der Waals surface area contributed by atoms with Crippen molar-refractivity contribution in [2.24, 2.45) is 5.73 Å². The molecule has 0 saturated heterocycles. The number of rotatable bonds is 6. The van der Waals surface area contributed by atoms with Gasteiger partial charge in [0.2, 0.25) is 5.91 Å². The zero-order valence-electron chi connectivity index (χ0n) is 12.1. The van der Waals surface area contributed by atoms with Gasteiger partial charge in [0, 0.05) is 30.3 Å². The average molecular weight is 292 g/mol. The number of nitrogens with one attached hydrogen (secondary N) is 3. The van der Waals surface area contributed by atoms with Gasteiger partial charge >= 0.3 is 6.03 Å². The van der Waals surface area contributed by atoms with Crippen LogP contribution in [0.2, 0.25) is 0 Å². The van der Waals surface area contributed by atoms with Gasteiger partial charge in [-0.2, -0.15) is 0 Å². The van der Waals surface area contributed by atoms with Crippen LogP contribution in [0.5, 0.6) is 0 Å². The maximum absolute atomic E-state index is 11.9. The molecular formula is C14H20N4O3. The van der Waals surface area contributed by atoms with Gasteiger partial charge in [0.15, 0.2) is 0 Å². The Bertz CT molecular complexity index is 529. The van der Waals surface area contributed by atoms with E-state index in [9.17, 15) is 14.4 Å². The van der Waals surface area contributed by atoms with Crippen LogP contribution < -0.4 is 21.7 Å². The Hall–Kier alpha value is -2.57. The summed E-state index contributed by atoms with van der Waals surface area (Å²) in [7, 11) is 0. The third kappa shape index (κ3) is 6.42. The lowest BCUT2D eigenvalue weighted by atomic mass is 10.2. The number of benzene rings is 1. The number of amides is 4. The average Bonchev–Trinajstić information content (AvgIpc) is 2.37. The van der Waals surface area contributed by atoms with Crippen molar-refractivity contribution in [1.82, 2.24) is 10.6 Å². The molecule has 0 aromatic heterocycles. The van der Waals surface area contributed by atoms with Crippen molar-refractivity contribution >= 4 is 23.5 Å². The van der Waals surface area contributed by atoms with Crippen molar-refractivity contribution in [3.05, 3.63) is 29.8 Å². The topological polar surface area (TPSA) is 113 Å². The van der Waals surface area contributed by atoms with E-state index in [4.69, 9.17) is 5.73 Å². The molecular weight excluding hydrogens is 272 g/mol. The molecule has 0 saturated carbocycles. The van der Waals surface area contributed by atoms with Crippen molar-refractivity contribution in [3.63, 3.8) is 0 Å². The number of urea groups is 1. The Morgan fingerprint density at radius 3 is 2.57 bits per heavy atom. The lowest BCUT2D eigenvalue weighted by Gasteiger charge is -2.11. The third-order valence-corrected chi connectivity index (χ3v) is 2.46. The van der Waals surface area contributed by atoms with Crippen molar-refractivity contribution in [2.75, 3.05) is 11.9 Å². The molecule has 1 aromatic rings. The molecule has 0 bridgehead atoms. The molecule has 1 aromatic carbocycles. The number of hydrogen-bond donors (Lipinski definition) is 4. The summed E-state index contributed by atoms with van der Waals surface area (Å²) < 4.78 is 0. The summed E-state index contributed by atoms with van der Waals surface area (Å²) in [4.78, 5) is 34.0. The summed E-state index contributed by atoms with van der Waals surface area (Å²) in [5, 5.41) is 7.90. The third-order valence-electron chi connectivity index (χ3n) is 2.46. The summed E-state index contributed by atoms with van der Waals surface area (Å²) in [5.74, 6) is -0.805. The molecule has 0 aliphatic carbocycles. The number of primary amides is 1. The van der Waals surface area contributed by atoms with E-state index in [-0.39, 0.29) is 30.9 Å². The van der Waals surface area contributed by atoms with Gasteiger partial charge in [-0.3, -0.25) is 9.59 Å². The Morgan fingerprint density at radius 1 is 1.24 bits per heavy atom. The van der Waals surface area contributed by atoms with E-state index >= 15 is 0 Å². The molecule has 0 radical (unpaired) electrons. The van der Waals surface area contributed by atoms with Crippen LogP contribution in [-0.4, -0.2) is 30.4 Å². The number of hydrogen-bond acceptors (Lipinski definition) is 3. The van der Waals surface area contributed by atoms with Crippen LogP contribution >= 0.6 is 0 Å². The SMILES string of the molecule is CC(C)NC(=O)Nc1cccc(C(=O)NCCC(N)=O)c1. The lowest BCUT2D eigenvalue weighted by molar-refractivity contribution is -0.117. The normalized spacial score (nSPS) is 10.0. The zero-order valence-corrected chi connectivity index (χ0v) is 12.1. The number of carbonyl (C=O) groups excluding carboxylic acids is 3. The summed E-state index contributed by atoms with van der Waals surface area (Å²) in [6.45, 7) is 3.88. The maximum Gasteiger partial charge on any atom is 0.319 e. The highest BCUT2D eigenvalue weighted by atomic mass is 16.2. The van der Waals surface area contributed by atoms with E-state index in [2.05, 4.69) is 16.0 Å². The molecule has 5 N–H and O–H groups in total. The molecule has 4 amide bonds. The standard InChI is InChI=1S/C14H20N4O3/c1-9(2)17-14(21)18-11-5-3-4-10(8-11)13(20)16-7-6-12(15)19/h3-5,8-9H,6-7H2,1-2H3,(H2,15,19)(H,16,20)(H2,17,18,21). The van der Waals surface area contributed by atoms with Gasteiger partial charge in [0.25, 0.3) is 5.91 Å². The minimum absolute atomic E-state index is 0.0188. The first-order valence-electron chi connectivity index (χ1n) is 6.62. The predicted molar refractivity (Wildman–Crippen MR) is 79.9 cm³/mol. The van der Waals surface area contributed by atoms with Gasteiger partial charge in [-0.15, -0.1) is 0 Å². The summed E-state index contributed by atoms with van der Waals surface area (Å²) in [5.41, 5.74) is 5.89. The van der Waals surface area contributed by atoms with Crippen LogP contribution in [0.3, 0.4) is 0 Å². The molecule has 0 aliphatic rings. The molecule has 0 fully saturated rings. The smallest absolute Gasteiger partial charge is 0.319 e. The van der Waals surface area contributed by atoms with Crippen LogP contribution in [0.4, 0.5) is 10.5 Å². The summed E-state index contributed by atoms with van der Waals surface area (Å²) in [6.07, 6.45) is 0.0838. The second kappa shape index (κ2) is 7.88. The highest BCUT2D eigenvalue weighted by molar-refractivity contribution is 5.97. The minimum Gasteiger partial charge on any atom is -0.370 e. The van der Waals surface area contributed by atoms with Gasteiger partial charge in [0.05, 0.1) is 0 Å². The van der Waals surface area contributed by atoms with Crippen molar-refractivity contribution in [3.8, 4) is 0 Å². The molecule has 0 aliphatic heterocycles. The van der Waals surface area contributed by atoms with E-state index < -0.39 is 5.91 Å². The molecule has 0 heterocycles. The van der Waals surface area contributed by atoms with Crippen molar-refractivity contribution in [2.45, 2.75) is 26.3 Å².